The Morgan fingerprint density at radius 2 is 1.45 bits per heavy atom. The number of nitrogens with one attached hydrogen (secondary N) is 1. The predicted octanol–water partition coefficient (Wildman–Crippen LogP) is 6.04. The highest BCUT2D eigenvalue weighted by atomic mass is 19.4. The van der Waals surface area contributed by atoms with E-state index in [1.807, 2.05) is 0 Å². The number of carbonyl (C=O) groups is 2. The predicted molar refractivity (Wildman–Crippen MR) is 129 cm³/mol. The highest BCUT2D eigenvalue weighted by molar-refractivity contribution is 6.00. The first-order chi connectivity index (χ1) is 21.2. The van der Waals surface area contributed by atoms with E-state index in [1.165, 1.54) is 6.07 Å². The number of ether oxygens (including phenoxy) is 2. The number of carbonyl (C=O) groups excluding carboxylic acids is 2. The number of methoxy groups -OCH3 is 1. The van der Waals surface area contributed by atoms with Gasteiger partial charge in [-0.1, -0.05) is 12.1 Å². The fourth-order valence-corrected chi connectivity index (χ4v) is 4.29. The molecule has 1 heterocycles. The number of nitrogens with zero attached hydrogens (tertiary/aromatic N) is 1. The van der Waals surface area contributed by atoms with Crippen molar-refractivity contribution >= 4 is 17.6 Å². The maximum atomic E-state index is 14.1. The molecule has 264 valence electrons. The number of aliphatic hydroxyl groups excluding tert-OH is 1. The number of nitro groups is 1. The third-order valence-electron chi connectivity index (χ3n) is 6.71. The van der Waals surface area contributed by atoms with Crippen molar-refractivity contribution in [1.29, 1.82) is 0 Å². The van der Waals surface area contributed by atoms with Crippen molar-refractivity contribution in [3.05, 3.63) is 62.5 Å². The number of rotatable bonds is 13. The molecular formula is C25H21F13N2O7. The molecule has 0 saturated heterocycles. The Hall–Kier alpha value is -4.11. The molecule has 9 nitrogen and oxygen atoms in total. The van der Waals surface area contributed by atoms with E-state index >= 15 is 0 Å². The zero-order valence-corrected chi connectivity index (χ0v) is 23.5. The van der Waals surface area contributed by atoms with Gasteiger partial charge in [0.2, 0.25) is 0 Å². The topological polar surface area (TPSA) is 128 Å². The quantitative estimate of drug-likeness (QED) is 0.0836. The number of hydrogen-bond acceptors (Lipinski definition) is 8. The Balaban J connectivity index is 2.37. The molecule has 0 saturated carbocycles. The second-order valence-corrected chi connectivity index (χ2v) is 9.73. The third-order valence-corrected chi connectivity index (χ3v) is 6.71. The van der Waals surface area contributed by atoms with Crippen LogP contribution in [0.2, 0.25) is 0 Å². The van der Waals surface area contributed by atoms with Crippen LogP contribution in [0.1, 0.15) is 31.2 Å². The number of dihydropyridines is 1. The lowest BCUT2D eigenvalue weighted by atomic mass is 9.80. The fourth-order valence-electron chi connectivity index (χ4n) is 4.29. The molecule has 22 heteroatoms. The minimum atomic E-state index is -8.06. The number of allylic oxidation sites excluding steroid dienone is 1. The summed E-state index contributed by atoms with van der Waals surface area (Å²) in [4.78, 5) is 36.1. The summed E-state index contributed by atoms with van der Waals surface area (Å²) in [7, 11) is 0.873. The first-order valence-corrected chi connectivity index (χ1v) is 12.5. The van der Waals surface area contributed by atoms with Crippen LogP contribution >= 0.6 is 0 Å². The number of esters is 2. The van der Waals surface area contributed by atoms with Crippen LogP contribution in [0, 0.1) is 10.1 Å². The van der Waals surface area contributed by atoms with Crippen LogP contribution in [0.3, 0.4) is 0 Å². The largest absolute Gasteiger partial charge is 0.466 e. The molecule has 0 amide bonds. The molecule has 0 aromatic heterocycles. The summed E-state index contributed by atoms with van der Waals surface area (Å²) in [6, 6.07) is 4.18. The van der Waals surface area contributed by atoms with Gasteiger partial charge in [0.1, 0.15) is 0 Å². The lowest BCUT2D eigenvalue weighted by Crippen LogP contribution is -2.70. The van der Waals surface area contributed by atoms with Crippen LogP contribution in [0.25, 0.3) is 0 Å². The van der Waals surface area contributed by atoms with Gasteiger partial charge < -0.3 is 19.9 Å². The molecule has 2 N–H and O–H groups in total. The highest BCUT2D eigenvalue weighted by Gasteiger charge is 2.90. The summed E-state index contributed by atoms with van der Waals surface area (Å²) in [6.07, 6.45) is -11.8. The molecular weight excluding hydrogens is 687 g/mol. The van der Waals surface area contributed by atoms with E-state index in [-0.39, 0.29) is 17.0 Å². The van der Waals surface area contributed by atoms with Gasteiger partial charge in [0, 0.05) is 24.3 Å². The maximum Gasteiger partial charge on any atom is 0.460 e. The lowest BCUT2D eigenvalue weighted by Gasteiger charge is -2.39. The molecule has 1 aliphatic heterocycles. The number of alkyl halides is 13. The lowest BCUT2D eigenvalue weighted by molar-refractivity contribution is -0.440. The second-order valence-electron chi connectivity index (χ2n) is 9.73. The van der Waals surface area contributed by atoms with Gasteiger partial charge in [-0.15, -0.1) is 0 Å². The molecule has 0 fully saturated rings. The monoisotopic (exact) mass is 708 g/mol. The smallest absolute Gasteiger partial charge is 0.460 e. The minimum Gasteiger partial charge on any atom is -0.466 e. The van der Waals surface area contributed by atoms with Gasteiger partial charge in [0.05, 0.1) is 48.0 Å². The van der Waals surface area contributed by atoms with Crippen molar-refractivity contribution in [3.8, 4) is 0 Å². The molecule has 0 spiro atoms. The van der Waals surface area contributed by atoms with E-state index < -0.39 is 101 Å². The second kappa shape index (κ2) is 13.2. The van der Waals surface area contributed by atoms with E-state index in [1.54, 1.807) is 0 Å². The molecule has 1 aromatic carbocycles. The Morgan fingerprint density at radius 3 is 1.94 bits per heavy atom. The first kappa shape index (κ1) is 39.1. The molecule has 1 aliphatic rings. The first-order valence-electron chi connectivity index (χ1n) is 12.5. The van der Waals surface area contributed by atoms with Crippen LogP contribution in [-0.2, 0) is 19.1 Å². The summed E-state index contributed by atoms with van der Waals surface area (Å²) in [5, 5.41) is 23.5. The van der Waals surface area contributed by atoms with Crippen molar-refractivity contribution in [2.45, 2.75) is 61.5 Å². The molecule has 1 unspecified atom stereocenters. The zero-order valence-electron chi connectivity index (χ0n) is 23.5. The standard InChI is InChI=1S/C25H21F13N2O7/c1-11-15(16(12-5-3-6-13(9-12)40(44)45)17(18(42)46-2)14(10-41)39-11)19(43)47-8-4-7-20(26,27)21(28,29)22(30,31)23(32,33)24(34,35)25(36,37)38/h3,5-6,9,16,39,41H,4,7-8,10H2,1-2H3. The normalized spacial score (nSPS) is 17.0. The van der Waals surface area contributed by atoms with Gasteiger partial charge in [0.25, 0.3) is 5.69 Å². The molecule has 1 atom stereocenters. The number of non-ortho nitro benzene ring substituents is 1. The van der Waals surface area contributed by atoms with Gasteiger partial charge in [-0.25, -0.2) is 9.59 Å². The molecule has 0 aliphatic carbocycles. The van der Waals surface area contributed by atoms with Crippen LogP contribution in [0.4, 0.5) is 62.8 Å². The summed E-state index contributed by atoms with van der Waals surface area (Å²) < 4.78 is 183. The molecule has 2 rings (SSSR count). The zero-order chi connectivity index (χ0) is 36.6. The van der Waals surface area contributed by atoms with Crippen LogP contribution in [-0.4, -0.2) is 78.1 Å². The number of hydrogen-bond donors (Lipinski definition) is 2. The van der Waals surface area contributed by atoms with Crippen molar-refractivity contribution < 1.29 is 86.2 Å². The van der Waals surface area contributed by atoms with Crippen LogP contribution in [0.5, 0.6) is 0 Å². The number of aliphatic hydroxyl groups is 1. The van der Waals surface area contributed by atoms with Gasteiger partial charge in [-0.05, 0) is 18.9 Å². The SMILES string of the molecule is COC(=O)C1=C(CO)NC(C)=C(C(=O)OCCCC(F)(F)C(F)(F)C(F)(F)C(F)(F)C(F)(F)C(F)(F)F)C1c1cccc([N+](=O)[O-])c1. The summed E-state index contributed by atoms with van der Waals surface area (Å²) in [5.74, 6) is -42.2. The van der Waals surface area contributed by atoms with Gasteiger partial charge in [-0.3, -0.25) is 10.1 Å². The number of nitro benzene ring substituents is 1. The summed E-state index contributed by atoms with van der Waals surface area (Å²) >= 11 is 0. The van der Waals surface area contributed by atoms with E-state index in [4.69, 9.17) is 0 Å². The third kappa shape index (κ3) is 6.82. The summed E-state index contributed by atoms with van der Waals surface area (Å²) in [5.41, 5.74) is -2.38. The Kier molecular flexibility index (Phi) is 11.0. The van der Waals surface area contributed by atoms with Crippen molar-refractivity contribution in [2.24, 2.45) is 0 Å². The van der Waals surface area contributed by atoms with Crippen molar-refractivity contribution in [1.82, 2.24) is 5.32 Å². The van der Waals surface area contributed by atoms with Gasteiger partial charge in [0.15, 0.2) is 0 Å². The Labute approximate surface area is 254 Å². The Bertz CT molecular complexity index is 1460. The summed E-state index contributed by atoms with van der Waals surface area (Å²) in [6.45, 7) is -1.19. The molecule has 1 aromatic rings. The highest BCUT2D eigenvalue weighted by Crippen LogP contribution is 2.60. The Morgan fingerprint density at radius 1 is 0.894 bits per heavy atom. The van der Waals surface area contributed by atoms with E-state index in [0.717, 1.165) is 32.2 Å². The van der Waals surface area contributed by atoms with Crippen molar-refractivity contribution in [3.63, 3.8) is 0 Å². The fraction of sp³-hybridized carbons (Fsp3) is 0.520. The minimum absolute atomic E-state index is 0.177. The van der Waals surface area contributed by atoms with E-state index in [2.05, 4.69) is 14.8 Å². The van der Waals surface area contributed by atoms with E-state index in [9.17, 15) is 81.9 Å². The van der Waals surface area contributed by atoms with Crippen molar-refractivity contribution in [2.75, 3.05) is 20.3 Å². The van der Waals surface area contributed by atoms with Gasteiger partial charge >= 0.3 is 47.7 Å². The molecule has 0 radical (unpaired) electrons. The average molecular weight is 708 g/mol. The van der Waals surface area contributed by atoms with Crippen LogP contribution in [0.15, 0.2) is 46.8 Å². The molecule has 47 heavy (non-hydrogen) atoms. The van der Waals surface area contributed by atoms with Crippen LogP contribution < -0.4 is 5.32 Å². The number of benzene rings is 1. The maximum absolute atomic E-state index is 14.1. The number of halogens is 13. The van der Waals surface area contributed by atoms with Gasteiger partial charge in [-0.2, -0.15) is 57.1 Å². The average Bonchev–Trinajstić information content (AvgIpc) is 2.97. The van der Waals surface area contributed by atoms with E-state index in [0.29, 0.717) is 0 Å². The molecule has 0 bridgehead atoms.